The Morgan fingerprint density at radius 3 is 1.94 bits per heavy atom. The van der Waals surface area contributed by atoms with Crippen molar-refractivity contribution >= 4 is 0 Å². The first-order valence-corrected chi connectivity index (χ1v) is 8.17. The normalized spacial score (nSPS) is 16.5. The molecule has 0 aliphatic rings. The van der Waals surface area contributed by atoms with Crippen LogP contribution < -0.4 is 0 Å². The zero-order valence-corrected chi connectivity index (χ0v) is 13.5. The molecule has 0 saturated carbocycles. The third-order valence-electron chi connectivity index (χ3n) is 3.83. The summed E-state index contributed by atoms with van der Waals surface area (Å²) in [4.78, 5) is 0. The van der Waals surface area contributed by atoms with Crippen LogP contribution in [0.15, 0.2) is 0 Å². The van der Waals surface area contributed by atoms with E-state index in [-0.39, 0.29) is 0 Å². The second kappa shape index (κ2) is 12.0. The molecule has 0 fully saturated rings. The van der Waals surface area contributed by atoms with Crippen molar-refractivity contribution in [2.75, 3.05) is 13.2 Å². The Hall–Kier alpha value is -0.0400. The molecule has 110 valence electrons. The number of unbranched alkanes of at least 4 members (excludes halogenated alkanes) is 1. The maximum absolute atomic E-state index is 5.38. The summed E-state index contributed by atoms with van der Waals surface area (Å²) in [5.74, 6) is 2.69. The third-order valence-corrected chi connectivity index (χ3v) is 3.83. The topological polar surface area (TPSA) is 9.23 Å². The highest BCUT2D eigenvalue weighted by Gasteiger charge is 2.12. The third kappa shape index (κ3) is 11.1. The first-order valence-electron chi connectivity index (χ1n) is 8.17. The van der Waals surface area contributed by atoms with Crippen molar-refractivity contribution in [2.24, 2.45) is 17.8 Å². The van der Waals surface area contributed by atoms with Gasteiger partial charge in [0.1, 0.15) is 0 Å². The first-order chi connectivity index (χ1) is 8.60. The van der Waals surface area contributed by atoms with E-state index in [4.69, 9.17) is 4.74 Å². The average molecular weight is 256 g/mol. The molecule has 1 heteroatoms. The molecule has 0 radical (unpaired) electrons. The minimum absolute atomic E-state index is 0.863. The van der Waals surface area contributed by atoms with Crippen LogP contribution in [0.3, 0.4) is 0 Å². The lowest BCUT2D eigenvalue weighted by Gasteiger charge is -2.20. The van der Waals surface area contributed by atoms with Crippen molar-refractivity contribution in [3.05, 3.63) is 0 Å². The summed E-state index contributed by atoms with van der Waals surface area (Å²) in [5.41, 5.74) is 0. The lowest BCUT2D eigenvalue weighted by atomic mass is 9.86. The predicted octanol–water partition coefficient (Wildman–Crippen LogP) is 5.68. The zero-order valence-electron chi connectivity index (χ0n) is 13.5. The summed E-state index contributed by atoms with van der Waals surface area (Å²) in [6.07, 6.45) is 9.49. The second-order valence-electron chi connectivity index (χ2n) is 6.27. The molecule has 18 heavy (non-hydrogen) atoms. The maximum Gasteiger partial charge on any atom is 0.0465 e. The van der Waals surface area contributed by atoms with Gasteiger partial charge in [0.25, 0.3) is 0 Å². The van der Waals surface area contributed by atoms with Gasteiger partial charge in [-0.25, -0.2) is 0 Å². The second-order valence-corrected chi connectivity index (χ2v) is 6.27. The van der Waals surface area contributed by atoms with Crippen LogP contribution in [-0.2, 0) is 4.74 Å². The Bertz CT molecular complexity index is 167. The highest BCUT2D eigenvalue weighted by molar-refractivity contribution is 4.64. The number of ether oxygens (including phenoxy) is 1. The van der Waals surface area contributed by atoms with Crippen LogP contribution in [-0.4, -0.2) is 13.2 Å². The van der Waals surface area contributed by atoms with Crippen LogP contribution in [0.25, 0.3) is 0 Å². The predicted molar refractivity (Wildman–Crippen MR) is 82.0 cm³/mol. The van der Waals surface area contributed by atoms with Gasteiger partial charge in [-0.3, -0.25) is 0 Å². The fourth-order valence-electron chi connectivity index (χ4n) is 3.04. The van der Waals surface area contributed by atoms with E-state index in [1.54, 1.807) is 0 Å². The summed E-state index contributed by atoms with van der Waals surface area (Å²) in [6.45, 7) is 13.4. The van der Waals surface area contributed by atoms with Gasteiger partial charge in [-0.05, 0) is 43.9 Å². The van der Waals surface area contributed by atoms with Crippen LogP contribution in [0, 0.1) is 17.8 Å². The molecule has 0 aliphatic heterocycles. The molecule has 0 rings (SSSR count). The maximum atomic E-state index is 5.38. The smallest absolute Gasteiger partial charge is 0.0465 e. The molecule has 0 amide bonds. The van der Waals surface area contributed by atoms with Crippen molar-refractivity contribution in [3.8, 4) is 0 Å². The van der Waals surface area contributed by atoms with Gasteiger partial charge in [-0.2, -0.15) is 0 Å². The van der Waals surface area contributed by atoms with Gasteiger partial charge in [0, 0.05) is 13.2 Å². The van der Waals surface area contributed by atoms with Gasteiger partial charge in [0.15, 0.2) is 0 Å². The standard InChI is InChI=1S/C17H36O/c1-6-10-15(3)13-17(5)14-16(4)11-8-9-12-18-7-2/h15-17H,6-14H2,1-5H3. The average Bonchev–Trinajstić information content (AvgIpc) is 2.28. The van der Waals surface area contributed by atoms with Gasteiger partial charge in [-0.1, -0.05) is 53.4 Å². The van der Waals surface area contributed by atoms with Crippen molar-refractivity contribution in [3.63, 3.8) is 0 Å². The number of rotatable bonds is 12. The van der Waals surface area contributed by atoms with E-state index in [2.05, 4.69) is 34.6 Å². The SMILES string of the molecule is CCCC(C)CC(C)CC(C)CCCCOCC. The van der Waals surface area contributed by atoms with Crippen LogP contribution >= 0.6 is 0 Å². The summed E-state index contributed by atoms with van der Waals surface area (Å²) >= 11 is 0. The van der Waals surface area contributed by atoms with E-state index in [0.717, 1.165) is 31.0 Å². The van der Waals surface area contributed by atoms with Crippen molar-refractivity contribution in [2.45, 2.75) is 79.6 Å². The molecule has 0 aromatic rings. The molecule has 0 spiro atoms. The van der Waals surface area contributed by atoms with E-state index < -0.39 is 0 Å². The lowest BCUT2D eigenvalue weighted by molar-refractivity contribution is 0.141. The quantitative estimate of drug-likeness (QED) is 0.408. The Morgan fingerprint density at radius 2 is 1.39 bits per heavy atom. The minimum atomic E-state index is 0.863. The minimum Gasteiger partial charge on any atom is -0.382 e. The Morgan fingerprint density at radius 1 is 0.778 bits per heavy atom. The molecule has 0 aromatic heterocycles. The zero-order chi connectivity index (χ0) is 13.8. The van der Waals surface area contributed by atoms with Crippen molar-refractivity contribution in [1.82, 2.24) is 0 Å². The van der Waals surface area contributed by atoms with E-state index >= 15 is 0 Å². The van der Waals surface area contributed by atoms with Gasteiger partial charge in [0.2, 0.25) is 0 Å². The summed E-state index contributed by atoms with van der Waals surface area (Å²) in [5, 5.41) is 0. The Kier molecular flexibility index (Phi) is 12.0. The monoisotopic (exact) mass is 256 g/mol. The Labute approximate surface area is 116 Å². The highest BCUT2D eigenvalue weighted by atomic mass is 16.5. The van der Waals surface area contributed by atoms with Crippen molar-refractivity contribution < 1.29 is 4.74 Å². The molecule has 0 saturated heterocycles. The molecule has 0 heterocycles. The first kappa shape index (κ1) is 18.0. The summed E-state index contributed by atoms with van der Waals surface area (Å²) in [7, 11) is 0. The van der Waals surface area contributed by atoms with Gasteiger partial charge in [-0.15, -0.1) is 0 Å². The number of hydrogen-bond acceptors (Lipinski definition) is 1. The van der Waals surface area contributed by atoms with Crippen LogP contribution in [0.5, 0.6) is 0 Å². The molecule has 1 nitrogen and oxygen atoms in total. The molecular formula is C17H36O. The molecular weight excluding hydrogens is 220 g/mol. The fraction of sp³-hybridized carbons (Fsp3) is 1.00. The van der Waals surface area contributed by atoms with Crippen LogP contribution in [0.2, 0.25) is 0 Å². The van der Waals surface area contributed by atoms with Gasteiger partial charge < -0.3 is 4.74 Å². The van der Waals surface area contributed by atoms with Crippen molar-refractivity contribution in [1.29, 1.82) is 0 Å². The summed E-state index contributed by atoms with van der Waals surface area (Å²) < 4.78 is 5.38. The largest absolute Gasteiger partial charge is 0.382 e. The number of hydrogen-bond donors (Lipinski definition) is 0. The molecule has 0 aromatic carbocycles. The summed E-state index contributed by atoms with van der Waals surface area (Å²) in [6, 6.07) is 0. The van der Waals surface area contributed by atoms with E-state index in [1.165, 1.54) is 44.9 Å². The Balaban J connectivity index is 3.51. The lowest BCUT2D eigenvalue weighted by Crippen LogP contribution is -2.08. The molecule has 3 atom stereocenters. The van der Waals surface area contributed by atoms with E-state index in [9.17, 15) is 0 Å². The molecule has 0 aliphatic carbocycles. The van der Waals surface area contributed by atoms with Gasteiger partial charge in [0.05, 0.1) is 0 Å². The van der Waals surface area contributed by atoms with E-state index in [1.807, 2.05) is 0 Å². The van der Waals surface area contributed by atoms with Gasteiger partial charge >= 0.3 is 0 Å². The molecule has 0 N–H and O–H groups in total. The molecule has 3 unspecified atom stereocenters. The molecule has 0 bridgehead atoms. The van der Waals surface area contributed by atoms with Crippen LogP contribution in [0.4, 0.5) is 0 Å². The van der Waals surface area contributed by atoms with Crippen LogP contribution in [0.1, 0.15) is 79.6 Å². The fourth-order valence-corrected chi connectivity index (χ4v) is 3.04. The van der Waals surface area contributed by atoms with E-state index in [0.29, 0.717) is 0 Å². The highest BCUT2D eigenvalue weighted by Crippen LogP contribution is 2.24.